The molecule has 8 nitrogen and oxygen atoms in total. The van der Waals surface area contributed by atoms with E-state index in [9.17, 15) is 14.7 Å². The number of hydrogen-bond donors (Lipinski definition) is 2. The van der Waals surface area contributed by atoms with Crippen molar-refractivity contribution < 1.29 is 23.8 Å². The van der Waals surface area contributed by atoms with Gasteiger partial charge in [0.25, 0.3) is 5.91 Å². The number of nitrogens with zero attached hydrogens (tertiary/aromatic N) is 1. The first-order chi connectivity index (χ1) is 13.5. The minimum Gasteiger partial charge on any atom is -0.493 e. The number of aliphatic hydroxyl groups excluding tert-OH is 1. The van der Waals surface area contributed by atoms with Crippen molar-refractivity contribution in [2.75, 3.05) is 14.2 Å². The highest BCUT2D eigenvalue weighted by atomic mass is 16.5. The summed E-state index contributed by atoms with van der Waals surface area (Å²) < 4.78 is 15.7. The SMILES string of the molecule is COc1ccc(CNC(=O)c2cc3c(CO)cnc(C)c3oc2=O)cc1OC. The molecule has 0 aliphatic rings. The monoisotopic (exact) mass is 384 g/mol. The maximum absolute atomic E-state index is 12.5. The van der Waals surface area contributed by atoms with Crippen LogP contribution in [0.1, 0.15) is 27.2 Å². The summed E-state index contributed by atoms with van der Waals surface area (Å²) in [6.45, 7) is 1.58. The molecule has 0 saturated carbocycles. The molecule has 0 aliphatic carbocycles. The molecule has 0 fully saturated rings. The number of carbonyl (C=O) groups is 1. The Kier molecular flexibility index (Phi) is 5.60. The summed E-state index contributed by atoms with van der Waals surface area (Å²) in [4.78, 5) is 28.9. The first kappa shape index (κ1) is 19.4. The number of methoxy groups -OCH3 is 2. The highest BCUT2D eigenvalue weighted by Crippen LogP contribution is 2.27. The molecule has 1 aromatic carbocycles. The molecule has 2 N–H and O–H groups in total. The zero-order valence-electron chi connectivity index (χ0n) is 15.7. The normalized spacial score (nSPS) is 10.7. The molecule has 0 aliphatic heterocycles. The van der Waals surface area contributed by atoms with Crippen molar-refractivity contribution in [3.63, 3.8) is 0 Å². The van der Waals surface area contributed by atoms with Crippen molar-refractivity contribution in [1.82, 2.24) is 10.3 Å². The van der Waals surface area contributed by atoms with E-state index in [1.807, 2.05) is 0 Å². The third-order valence-electron chi connectivity index (χ3n) is 4.35. The van der Waals surface area contributed by atoms with Crippen molar-refractivity contribution in [1.29, 1.82) is 0 Å². The molecule has 0 spiro atoms. The molecule has 2 aromatic heterocycles. The van der Waals surface area contributed by atoms with Gasteiger partial charge in [0.05, 0.1) is 26.5 Å². The molecule has 146 valence electrons. The van der Waals surface area contributed by atoms with Gasteiger partial charge in [-0.15, -0.1) is 0 Å². The Morgan fingerprint density at radius 1 is 1.21 bits per heavy atom. The molecule has 0 saturated heterocycles. The third kappa shape index (κ3) is 3.67. The van der Waals surface area contributed by atoms with Crippen molar-refractivity contribution in [2.45, 2.75) is 20.1 Å². The van der Waals surface area contributed by atoms with E-state index in [4.69, 9.17) is 13.9 Å². The van der Waals surface area contributed by atoms with Crippen LogP contribution < -0.4 is 20.4 Å². The number of fused-ring (bicyclic) bond motifs is 1. The molecule has 1 amide bonds. The Morgan fingerprint density at radius 2 is 1.96 bits per heavy atom. The summed E-state index contributed by atoms with van der Waals surface area (Å²) in [6, 6.07) is 6.67. The summed E-state index contributed by atoms with van der Waals surface area (Å²) in [6.07, 6.45) is 1.49. The van der Waals surface area contributed by atoms with E-state index >= 15 is 0 Å². The number of benzene rings is 1. The smallest absolute Gasteiger partial charge is 0.349 e. The van der Waals surface area contributed by atoms with Gasteiger partial charge in [-0.25, -0.2) is 4.79 Å². The lowest BCUT2D eigenvalue weighted by Gasteiger charge is -2.11. The molecule has 0 radical (unpaired) electrons. The Hall–Kier alpha value is -3.39. The van der Waals surface area contributed by atoms with Crippen molar-refractivity contribution in [3.8, 4) is 11.5 Å². The molecule has 0 bridgehead atoms. The lowest BCUT2D eigenvalue weighted by molar-refractivity contribution is 0.0947. The number of ether oxygens (including phenoxy) is 2. The fourth-order valence-corrected chi connectivity index (χ4v) is 2.83. The van der Waals surface area contributed by atoms with Crippen LogP contribution in [0.4, 0.5) is 0 Å². The molecule has 8 heteroatoms. The van der Waals surface area contributed by atoms with Crippen LogP contribution in [0, 0.1) is 6.92 Å². The van der Waals surface area contributed by atoms with Gasteiger partial charge in [0.15, 0.2) is 17.1 Å². The van der Waals surface area contributed by atoms with Gasteiger partial charge in [0.1, 0.15) is 5.56 Å². The first-order valence-electron chi connectivity index (χ1n) is 8.50. The second-order valence-corrected chi connectivity index (χ2v) is 6.09. The Morgan fingerprint density at radius 3 is 2.64 bits per heavy atom. The Labute approximate surface area is 160 Å². The van der Waals surface area contributed by atoms with Gasteiger partial charge in [0, 0.05) is 23.7 Å². The maximum Gasteiger partial charge on any atom is 0.349 e. The standard InChI is InChI=1S/C20H20N2O6/c1-11-18-14(13(10-23)9-21-11)7-15(20(25)28-18)19(24)22-8-12-4-5-16(26-2)17(6-12)27-3/h4-7,9,23H,8,10H2,1-3H3,(H,22,24). The van der Waals surface area contributed by atoms with E-state index in [1.165, 1.54) is 26.5 Å². The van der Waals surface area contributed by atoms with Crippen molar-refractivity contribution in [2.24, 2.45) is 0 Å². The van der Waals surface area contributed by atoms with E-state index in [-0.39, 0.29) is 24.3 Å². The Balaban J connectivity index is 1.88. The predicted molar refractivity (Wildman–Crippen MR) is 102 cm³/mol. The zero-order valence-corrected chi connectivity index (χ0v) is 15.7. The number of rotatable bonds is 6. The lowest BCUT2D eigenvalue weighted by atomic mass is 10.1. The van der Waals surface area contributed by atoms with Crippen LogP contribution in [0.5, 0.6) is 11.5 Å². The predicted octanol–water partition coefficient (Wildman–Crippen LogP) is 1.94. The van der Waals surface area contributed by atoms with Crippen molar-refractivity contribution >= 4 is 16.9 Å². The molecule has 3 rings (SSSR count). The zero-order chi connectivity index (χ0) is 20.3. The second-order valence-electron chi connectivity index (χ2n) is 6.09. The van der Waals surface area contributed by atoms with Crippen LogP contribution in [0.25, 0.3) is 11.0 Å². The summed E-state index contributed by atoms with van der Waals surface area (Å²) >= 11 is 0. The highest BCUT2D eigenvalue weighted by Gasteiger charge is 2.17. The average molecular weight is 384 g/mol. The van der Waals surface area contributed by atoms with E-state index in [0.717, 1.165) is 5.56 Å². The van der Waals surface area contributed by atoms with Gasteiger partial charge in [-0.05, 0) is 30.7 Å². The summed E-state index contributed by atoms with van der Waals surface area (Å²) in [5.41, 5.74) is 1.09. The summed E-state index contributed by atoms with van der Waals surface area (Å²) in [7, 11) is 3.06. The second kappa shape index (κ2) is 8.10. The fourth-order valence-electron chi connectivity index (χ4n) is 2.83. The van der Waals surface area contributed by atoms with Gasteiger partial charge >= 0.3 is 5.63 Å². The minimum atomic E-state index is -0.766. The van der Waals surface area contributed by atoms with Crippen LogP contribution in [0.15, 0.2) is 39.7 Å². The number of aliphatic hydroxyl groups is 1. The Bertz CT molecular complexity index is 1090. The number of aryl methyl sites for hydroxylation is 1. The fraction of sp³-hybridized carbons (Fsp3) is 0.250. The van der Waals surface area contributed by atoms with Gasteiger partial charge in [-0.3, -0.25) is 9.78 Å². The molecule has 2 heterocycles. The lowest BCUT2D eigenvalue weighted by Crippen LogP contribution is -2.28. The molecule has 0 unspecified atom stereocenters. The quantitative estimate of drug-likeness (QED) is 0.668. The number of aromatic nitrogens is 1. The van der Waals surface area contributed by atoms with Crippen LogP contribution in [0.2, 0.25) is 0 Å². The molecular formula is C20H20N2O6. The summed E-state index contributed by atoms with van der Waals surface area (Å²) in [5.74, 6) is 0.534. The maximum atomic E-state index is 12.5. The van der Waals surface area contributed by atoms with E-state index < -0.39 is 11.5 Å². The van der Waals surface area contributed by atoms with E-state index in [2.05, 4.69) is 10.3 Å². The van der Waals surface area contributed by atoms with E-state index in [1.54, 1.807) is 25.1 Å². The first-order valence-corrected chi connectivity index (χ1v) is 8.50. The van der Waals surface area contributed by atoms with E-state index in [0.29, 0.717) is 28.1 Å². The van der Waals surface area contributed by atoms with Crippen molar-refractivity contribution in [3.05, 3.63) is 63.3 Å². The highest BCUT2D eigenvalue weighted by molar-refractivity contribution is 5.97. The van der Waals surface area contributed by atoms with Crippen LogP contribution >= 0.6 is 0 Å². The van der Waals surface area contributed by atoms with Gasteiger partial charge in [-0.2, -0.15) is 0 Å². The number of hydrogen-bond acceptors (Lipinski definition) is 7. The number of pyridine rings is 1. The largest absolute Gasteiger partial charge is 0.493 e. The topological polar surface area (TPSA) is 111 Å². The van der Waals surface area contributed by atoms with Crippen LogP contribution in [-0.4, -0.2) is 30.2 Å². The van der Waals surface area contributed by atoms with Crippen LogP contribution in [0.3, 0.4) is 0 Å². The number of carbonyl (C=O) groups excluding carboxylic acids is 1. The summed E-state index contributed by atoms with van der Waals surface area (Å²) in [5, 5.41) is 12.7. The van der Waals surface area contributed by atoms with Gasteiger partial charge in [0.2, 0.25) is 0 Å². The molecule has 0 atom stereocenters. The average Bonchev–Trinajstić information content (AvgIpc) is 2.72. The van der Waals surface area contributed by atoms with Gasteiger partial charge < -0.3 is 24.3 Å². The molecule has 3 aromatic rings. The third-order valence-corrected chi connectivity index (χ3v) is 4.35. The van der Waals surface area contributed by atoms with Gasteiger partial charge in [-0.1, -0.05) is 6.07 Å². The minimum absolute atomic E-state index is 0.145. The number of amides is 1. The molecular weight excluding hydrogens is 364 g/mol. The number of nitrogens with one attached hydrogen (secondary N) is 1. The van der Waals surface area contributed by atoms with Crippen LogP contribution in [-0.2, 0) is 13.2 Å². The molecule has 28 heavy (non-hydrogen) atoms.